The second kappa shape index (κ2) is 10.2. The Morgan fingerprint density at radius 3 is 2.47 bits per heavy atom. The van der Waals surface area contributed by atoms with Crippen LogP contribution >= 0.6 is 23.4 Å². The minimum absolute atomic E-state index is 0.104. The molecule has 0 aliphatic rings. The Morgan fingerprint density at radius 1 is 1.03 bits per heavy atom. The highest BCUT2D eigenvalue weighted by Gasteiger charge is 2.12. The van der Waals surface area contributed by atoms with Crippen molar-refractivity contribution in [1.29, 1.82) is 0 Å². The molecule has 2 aromatic carbocycles. The highest BCUT2D eigenvalue weighted by Crippen LogP contribution is 2.25. The van der Waals surface area contributed by atoms with Gasteiger partial charge in [-0.25, -0.2) is 4.98 Å². The topological polar surface area (TPSA) is 99.4 Å². The third-order valence-electron chi connectivity index (χ3n) is 4.13. The third-order valence-corrected chi connectivity index (χ3v) is 5.20. The molecule has 4 aromatic rings. The summed E-state index contributed by atoms with van der Waals surface area (Å²) >= 11 is 7.00. The van der Waals surface area contributed by atoms with Gasteiger partial charge in [-0.15, -0.1) is 10.2 Å². The summed E-state index contributed by atoms with van der Waals surface area (Å²) in [6.07, 6.45) is 1.52. The molecule has 32 heavy (non-hydrogen) atoms. The van der Waals surface area contributed by atoms with Crippen LogP contribution in [-0.4, -0.2) is 34.0 Å². The maximum absolute atomic E-state index is 12.2. The first kappa shape index (κ1) is 21.7. The Balaban J connectivity index is 1.27. The second-order valence-corrected chi connectivity index (χ2v) is 7.74. The summed E-state index contributed by atoms with van der Waals surface area (Å²) in [4.78, 5) is 16.4. The molecular formula is C22H17ClN4O4S. The van der Waals surface area contributed by atoms with Crippen molar-refractivity contribution < 1.29 is 18.7 Å². The molecule has 4 rings (SSSR count). The zero-order valence-electron chi connectivity index (χ0n) is 16.8. The lowest BCUT2D eigenvalue weighted by molar-refractivity contribution is -0.113. The van der Waals surface area contributed by atoms with E-state index in [2.05, 4.69) is 20.5 Å². The van der Waals surface area contributed by atoms with Crippen LogP contribution in [0.15, 0.2) is 76.5 Å². The number of pyridine rings is 1. The van der Waals surface area contributed by atoms with Gasteiger partial charge in [-0.2, -0.15) is 0 Å². The number of thioether (sulfide) groups is 1. The molecule has 1 amide bonds. The van der Waals surface area contributed by atoms with E-state index in [9.17, 15) is 4.79 Å². The van der Waals surface area contributed by atoms with Crippen molar-refractivity contribution >= 4 is 35.0 Å². The highest BCUT2D eigenvalue weighted by molar-refractivity contribution is 7.99. The van der Waals surface area contributed by atoms with Crippen LogP contribution in [0.3, 0.4) is 0 Å². The maximum Gasteiger partial charge on any atom is 0.277 e. The van der Waals surface area contributed by atoms with Crippen LogP contribution in [0.2, 0.25) is 5.02 Å². The Labute approximate surface area is 192 Å². The molecule has 0 fully saturated rings. The van der Waals surface area contributed by atoms with Crippen molar-refractivity contribution in [3.05, 3.63) is 71.9 Å². The number of nitrogens with one attached hydrogen (secondary N) is 1. The van der Waals surface area contributed by atoms with Crippen LogP contribution in [0.5, 0.6) is 17.4 Å². The van der Waals surface area contributed by atoms with Gasteiger partial charge in [0.2, 0.25) is 17.7 Å². The van der Waals surface area contributed by atoms with Gasteiger partial charge >= 0.3 is 0 Å². The van der Waals surface area contributed by atoms with Crippen LogP contribution in [0, 0.1) is 0 Å². The van der Waals surface area contributed by atoms with E-state index < -0.39 is 0 Å². The quantitative estimate of drug-likeness (QED) is 0.347. The van der Waals surface area contributed by atoms with Gasteiger partial charge in [-0.1, -0.05) is 23.4 Å². The van der Waals surface area contributed by atoms with Crippen LogP contribution in [0.1, 0.15) is 0 Å². The summed E-state index contributed by atoms with van der Waals surface area (Å²) in [6, 6.07) is 17.6. The predicted octanol–water partition coefficient (Wildman–Crippen LogP) is 5.32. The third kappa shape index (κ3) is 5.77. The SMILES string of the molecule is COc1ccc(-c2nnc(SCC(=O)Nc3ccc(Oc4ccc(Cl)cc4)nc3)o2)cc1. The lowest BCUT2D eigenvalue weighted by Crippen LogP contribution is -2.14. The monoisotopic (exact) mass is 468 g/mol. The van der Waals surface area contributed by atoms with E-state index in [1.807, 2.05) is 12.1 Å². The standard InChI is InChI=1S/C22H17ClN4O4S/c1-29-17-7-2-14(3-8-17)21-26-27-22(31-21)32-13-19(28)25-16-6-11-20(24-12-16)30-18-9-4-15(23)5-10-18/h2-12H,13H2,1H3,(H,25,28). The van der Waals surface area contributed by atoms with E-state index in [0.29, 0.717) is 33.5 Å². The van der Waals surface area contributed by atoms with E-state index >= 15 is 0 Å². The van der Waals surface area contributed by atoms with Crippen molar-refractivity contribution in [2.24, 2.45) is 0 Å². The maximum atomic E-state index is 12.2. The fourth-order valence-corrected chi connectivity index (χ4v) is 3.27. The number of ether oxygens (including phenoxy) is 2. The zero-order chi connectivity index (χ0) is 22.3. The van der Waals surface area contributed by atoms with Crippen molar-refractivity contribution in [3.8, 4) is 28.8 Å². The van der Waals surface area contributed by atoms with Gasteiger partial charge in [0.1, 0.15) is 11.5 Å². The molecule has 0 radical (unpaired) electrons. The molecule has 1 N–H and O–H groups in total. The summed E-state index contributed by atoms with van der Waals surface area (Å²) < 4.78 is 16.4. The molecule has 0 aliphatic carbocycles. The Bertz CT molecular complexity index is 1180. The number of aromatic nitrogens is 3. The molecule has 0 aliphatic heterocycles. The Morgan fingerprint density at radius 2 is 1.78 bits per heavy atom. The zero-order valence-corrected chi connectivity index (χ0v) is 18.4. The van der Waals surface area contributed by atoms with E-state index in [4.69, 9.17) is 25.5 Å². The fraction of sp³-hybridized carbons (Fsp3) is 0.0909. The molecule has 0 bridgehead atoms. The molecule has 2 heterocycles. The van der Waals surface area contributed by atoms with Gasteiger partial charge < -0.3 is 19.2 Å². The number of methoxy groups -OCH3 is 1. The molecule has 2 aromatic heterocycles. The molecule has 8 nitrogen and oxygen atoms in total. The molecule has 0 saturated heterocycles. The number of amides is 1. The summed E-state index contributed by atoms with van der Waals surface area (Å²) in [6.45, 7) is 0. The average Bonchev–Trinajstić information content (AvgIpc) is 3.30. The number of hydrogen-bond donors (Lipinski definition) is 1. The molecule has 0 atom stereocenters. The van der Waals surface area contributed by atoms with Crippen LogP contribution in [-0.2, 0) is 4.79 Å². The van der Waals surface area contributed by atoms with Crippen molar-refractivity contribution in [2.75, 3.05) is 18.2 Å². The number of benzene rings is 2. The van der Waals surface area contributed by atoms with Crippen molar-refractivity contribution in [1.82, 2.24) is 15.2 Å². The van der Waals surface area contributed by atoms with Gasteiger partial charge in [0.15, 0.2) is 0 Å². The number of halogens is 1. The summed E-state index contributed by atoms with van der Waals surface area (Å²) in [7, 11) is 1.60. The molecular weight excluding hydrogens is 452 g/mol. The number of anilines is 1. The predicted molar refractivity (Wildman–Crippen MR) is 121 cm³/mol. The van der Waals surface area contributed by atoms with Crippen LogP contribution in [0.25, 0.3) is 11.5 Å². The minimum atomic E-state index is -0.229. The van der Waals surface area contributed by atoms with Crippen LogP contribution < -0.4 is 14.8 Å². The lowest BCUT2D eigenvalue weighted by Gasteiger charge is -2.07. The minimum Gasteiger partial charge on any atom is -0.497 e. The Hall–Kier alpha value is -3.56. The fourth-order valence-electron chi connectivity index (χ4n) is 2.58. The molecule has 0 saturated carbocycles. The van der Waals surface area contributed by atoms with Gasteiger partial charge in [0.05, 0.1) is 24.7 Å². The van der Waals surface area contributed by atoms with Gasteiger partial charge in [0.25, 0.3) is 5.22 Å². The molecule has 0 spiro atoms. The molecule has 162 valence electrons. The van der Waals surface area contributed by atoms with Crippen molar-refractivity contribution in [2.45, 2.75) is 5.22 Å². The summed E-state index contributed by atoms with van der Waals surface area (Å²) in [5.74, 6) is 2.00. The molecule has 10 heteroatoms. The number of carbonyl (C=O) groups is 1. The molecule has 0 unspecified atom stereocenters. The van der Waals surface area contributed by atoms with E-state index in [0.717, 1.165) is 23.1 Å². The van der Waals surface area contributed by atoms with E-state index in [1.54, 1.807) is 55.6 Å². The summed E-state index contributed by atoms with van der Waals surface area (Å²) in [5, 5.41) is 11.7. The average molecular weight is 469 g/mol. The highest BCUT2D eigenvalue weighted by atomic mass is 35.5. The van der Waals surface area contributed by atoms with Crippen molar-refractivity contribution in [3.63, 3.8) is 0 Å². The van der Waals surface area contributed by atoms with Crippen LogP contribution in [0.4, 0.5) is 5.69 Å². The normalized spacial score (nSPS) is 10.6. The second-order valence-electron chi connectivity index (χ2n) is 6.38. The van der Waals surface area contributed by atoms with E-state index in [1.165, 1.54) is 6.20 Å². The van der Waals surface area contributed by atoms with Gasteiger partial charge in [0, 0.05) is 16.7 Å². The van der Waals surface area contributed by atoms with Gasteiger partial charge in [-0.3, -0.25) is 4.79 Å². The first-order chi connectivity index (χ1) is 15.6. The Kier molecular flexibility index (Phi) is 6.88. The largest absolute Gasteiger partial charge is 0.497 e. The number of nitrogens with zero attached hydrogens (tertiary/aromatic N) is 3. The summed E-state index contributed by atoms with van der Waals surface area (Å²) in [5.41, 5.74) is 1.31. The first-order valence-corrected chi connectivity index (χ1v) is 10.8. The smallest absolute Gasteiger partial charge is 0.277 e. The lowest BCUT2D eigenvalue weighted by atomic mass is 10.2. The van der Waals surface area contributed by atoms with Gasteiger partial charge in [-0.05, 0) is 54.6 Å². The number of hydrogen-bond acceptors (Lipinski definition) is 8. The van der Waals surface area contributed by atoms with E-state index in [-0.39, 0.29) is 11.7 Å². The number of carbonyl (C=O) groups excluding carboxylic acids is 1. The first-order valence-electron chi connectivity index (χ1n) is 9.39. The number of rotatable bonds is 8.